The largest absolute Gasteiger partial charge is 0.412 e. The van der Waals surface area contributed by atoms with Crippen LogP contribution in [0.4, 0.5) is 0 Å². The van der Waals surface area contributed by atoms with E-state index in [1.807, 2.05) is 0 Å². The van der Waals surface area contributed by atoms with E-state index in [1.54, 1.807) is 0 Å². The van der Waals surface area contributed by atoms with Crippen molar-refractivity contribution < 1.29 is 25.2 Å². The van der Waals surface area contributed by atoms with Crippen LogP contribution in [0.1, 0.15) is 12.8 Å². The molecule has 0 heterocycles. The molecule has 5 nitrogen and oxygen atoms in total. The van der Waals surface area contributed by atoms with Gasteiger partial charge in [0.15, 0.2) is 11.1 Å². The second kappa shape index (κ2) is 22.8. The fraction of sp³-hybridized carbons (Fsp3) is 1.00. The molecule has 12 heavy (non-hydrogen) atoms. The van der Waals surface area contributed by atoms with Gasteiger partial charge in [-0.2, -0.15) is 12.6 Å². The Morgan fingerprint density at radius 2 is 1.58 bits per heavy atom. The summed E-state index contributed by atoms with van der Waals surface area (Å²) < 4.78 is 18.2. The summed E-state index contributed by atoms with van der Waals surface area (Å²) in [5.74, 6) is 1.19. The van der Waals surface area contributed by atoms with Gasteiger partial charge in [-0.25, -0.2) is 4.21 Å². The van der Waals surface area contributed by atoms with Gasteiger partial charge in [0.2, 0.25) is 0 Å². The van der Waals surface area contributed by atoms with Crippen molar-refractivity contribution in [1.29, 1.82) is 0 Å². The third kappa shape index (κ3) is 30.2. The van der Waals surface area contributed by atoms with Crippen LogP contribution < -0.4 is 0 Å². The zero-order valence-electron chi connectivity index (χ0n) is 7.04. The summed E-state index contributed by atoms with van der Waals surface area (Å²) in [6.45, 7) is 0. The molecule has 0 aliphatic heterocycles. The van der Waals surface area contributed by atoms with E-state index in [0.29, 0.717) is 5.75 Å². The van der Waals surface area contributed by atoms with E-state index in [-0.39, 0.29) is 46.0 Å². The molecule has 0 saturated carbocycles. The van der Waals surface area contributed by atoms with E-state index in [2.05, 4.69) is 12.6 Å². The monoisotopic (exact) mass is 231 g/mol. The zero-order chi connectivity index (χ0) is 6.41. The summed E-state index contributed by atoms with van der Waals surface area (Å²) in [7, 11) is 0. The first-order chi connectivity index (χ1) is 3.77. The Morgan fingerprint density at radius 1 is 1.17 bits per heavy atom. The van der Waals surface area contributed by atoms with Gasteiger partial charge in [0, 0.05) is 35.3 Å². The Morgan fingerprint density at radius 3 is 1.83 bits per heavy atom. The number of unbranched alkanes of at least 4 members (excludes halogenated alkanes) is 1. The average molecular weight is 231 g/mol. The molecule has 0 spiro atoms. The fourth-order valence-corrected chi connectivity index (χ4v) is 1.01. The van der Waals surface area contributed by atoms with Crippen molar-refractivity contribution in [3.63, 3.8) is 0 Å². The molecule has 0 rings (SSSR count). The summed E-state index contributed by atoms with van der Waals surface area (Å²) in [6.07, 6.45) is 1.72. The molecule has 0 fully saturated rings. The van der Waals surface area contributed by atoms with Crippen LogP contribution in [-0.4, -0.2) is 66.3 Å². The molecule has 8 heteroatoms. The second-order valence-electron chi connectivity index (χ2n) is 1.46. The summed E-state index contributed by atoms with van der Waals surface area (Å²) >= 11 is 2.34. The quantitative estimate of drug-likeness (QED) is 0.252. The summed E-state index contributed by atoms with van der Waals surface area (Å²) in [5.41, 5.74) is 0. The molecular weight excluding hydrogens is 215 g/mol. The molecule has 1 atom stereocenters. The average Bonchev–Trinajstić information content (AvgIpc) is 1.66. The van der Waals surface area contributed by atoms with Gasteiger partial charge in [-0.05, 0) is 18.6 Å². The van der Waals surface area contributed by atoms with E-state index >= 15 is 0 Å². The van der Waals surface area contributed by atoms with Crippen LogP contribution in [0.2, 0.25) is 0 Å². The van der Waals surface area contributed by atoms with Gasteiger partial charge >= 0.3 is 0 Å². The maximum atomic E-state index is 9.96. The van der Waals surface area contributed by atoms with Crippen molar-refractivity contribution in [2.45, 2.75) is 12.8 Å². The zero-order valence-corrected chi connectivity index (χ0v) is 10.8. The normalized spacial score (nSPS) is 9.17. The van der Waals surface area contributed by atoms with Crippen LogP contribution >= 0.6 is 12.6 Å². The minimum atomic E-state index is -1.60. The van der Waals surface area contributed by atoms with E-state index in [9.17, 15) is 4.21 Å². The van der Waals surface area contributed by atoms with E-state index in [1.165, 1.54) is 0 Å². The van der Waals surface area contributed by atoms with Crippen molar-refractivity contribution >= 4 is 53.3 Å². The summed E-state index contributed by atoms with van der Waals surface area (Å²) in [5, 5.41) is 0. The maximum absolute atomic E-state index is 9.96. The molecule has 75 valence electrons. The Labute approximate surface area is 102 Å². The Hall–Kier alpha value is 1.34. The number of hydrogen-bond acceptors (Lipinski definition) is 2. The standard InChI is InChI=1S/C4H10O2S2.Na.3H2O/c5-8(6)4-2-1-3-7;;;;/h7H,1-4H2,(H,5,6);;3*1H2. The SMILES string of the molecule is O.O.O.O=S(O)CCCCS.[Na]. The van der Waals surface area contributed by atoms with Gasteiger partial charge < -0.3 is 21.0 Å². The Kier molecular flexibility index (Phi) is 55.5. The van der Waals surface area contributed by atoms with Crippen LogP contribution in [0, 0.1) is 0 Å². The minimum Gasteiger partial charge on any atom is -0.412 e. The van der Waals surface area contributed by atoms with Crippen LogP contribution in [0.15, 0.2) is 0 Å². The van der Waals surface area contributed by atoms with E-state index < -0.39 is 11.1 Å². The van der Waals surface area contributed by atoms with Crippen molar-refractivity contribution in [1.82, 2.24) is 0 Å². The minimum absolute atomic E-state index is 0. The molecule has 0 saturated heterocycles. The van der Waals surface area contributed by atoms with Gasteiger partial charge in [0.1, 0.15) is 0 Å². The van der Waals surface area contributed by atoms with Crippen LogP contribution in [0.3, 0.4) is 0 Å². The predicted octanol–water partition coefficient (Wildman–Crippen LogP) is -1.94. The maximum Gasteiger partial charge on any atom is 0.152 e. The van der Waals surface area contributed by atoms with Crippen molar-refractivity contribution in [3.8, 4) is 0 Å². The van der Waals surface area contributed by atoms with Gasteiger partial charge in [-0.15, -0.1) is 0 Å². The van der Waals surface area contributed by atoms with Gasteiger partial charge in [-0.3, -0.25) is 0 Å². The van der Waals surface area contributed by atoms with Crippen LogP contribution in [0.25, 0.3) is 0 Å². The van der Waals surface area contributed by atoms with Crippen LogP contribution in [0.5, 0.6) is 0 Å². The van der Waals surface area contributed by atoms with Crippen molar-refractivity contribution in [2.24, 2.45) is 0 Å². The Bertz CT molecular complexity index is 83.8. The van der Waals surface area contributed by atoms with Crippen molar-refractivity contribution in [3.05, 3.63) is 0 Å². The predicted molar refractivity (Wildman–Crippen MR) is 55.3 cm³/mol. The first-order valence-corrected chi connectivity index (χ1v) is 4.36. The van der Waals surface area contributed by atoms with Crippen molar-refractivity contribution in [2.75, 3.05) is 11.5 Å². The number of hydrogen-bond donors (Lipinski definition) is 2. The molecule has 0 aromatic rings. The van der Waals surface area contributed by atoms with Crippen LogP contribution in [-0.2, 0) is 11.1 Å². The van der Waals surface area contributed by atoms with E-state index in [4.69, 9.17) is 4.55 Å². The molecular formula is C4H16NaO5S2. The molecule has 0 aromatic heterocycles. The number of rotatable bonds is 4. The number of thiol groups is 1. The topological polar surface area (TPSA) is 132 Å². The molecule has 0 aliphatic carbocycles. The van der Waals surface area contributed by atoms with Gasteiger partial charge in [0.25, 0.3) is 0 Å². The fourth-order valence-electron chi connectivity index (χ4n) is 0.337. The molecule has 1 unspecified atom stereocenters. The molecule has 7 N–H and O–H groups in total. The first kappa shape index (κ1) is 29.2. The molecule has 0 aromatic carbocycles. The third-order valence-electron chi connectivity index (χ3n) is 0.727. The molecule has 1 radical (unpaired) electrons. The first-order valence-electron chi connectivity index (χ1n) is 2.45. The summed E-state index contributed by atoms with van der Waals surface area (Å²) in [4.78, 5) is 0. The third-order valence-corrected chi connectivity index (χ3v) is 1.68. The summed E-state index contributed by atoms with van der Waals surface area (Å²) in [6, 6.07) is 0. The molecule has 0 aliphatic rings. The molecule has 0 amide bonds. The smallest absolute Gasteiger partial charge is 0.152 e. The molecule has 0 bridgehead atoms. The second-order valence-corrected chi connectivity index (χ2v) is 2.95. The van der Waals surface area contributed by atoms with Gasteiger partial charge in [0.05, 0.1) is 0 Å². The Balaban J connectivity index is -0.0000000408. The van der Waals surface area contributed by atoms with Gasteiger partial charge in [-0.1, -0.05) is 0 Å². The van der Waals surface area contributed by atoms with E-state index in [0.717, 1.165) is 18.6 Å².